The van der Waals surface area contributed by atoms with Gasteiger partial charge in [-0.05, 0) is 56.8 Å². The first-order valence-electron chi connectivity index (χ1n) is 8.02. The molecule has 0 saturated heterocycles. The zero-order chi connectivity index (χ0) is 15.0. The second-order valence-corrected chi connectivity index (χ2v) is 6.26. The summed E-state index contributed by atoms with van der Waals surface area (Å²) in [6.45, 7) is 9.64. The molecule has 21 heavy (non-hydrogen) atoms. The van der Waals surface area contributed by atoms with E-state index in [1.165, 1.54) is 35.1 Å². The molecule has 3 heteroatoms. The monoisotopic (exact) mass is 283 g/mol. The largest absolute Gasteiger partial charge is 0.310 e. The van der Waals surface area contributed by atoms with Crippen molar-refractivity contribution in [3.8, 4) is 11.1 Å². The van der Waals surface area contributed by atoms with Crippen molar-refractivity contribution in [1.82, 2.24) is 15.1 Å². The van der Waals surface area contributed by atoms with Gasteiger partial charge in [0.2, 0.25) is 0 Å². The lowest BCUT2D eigenvalue weighted by molar-refractivity contribution is 0.529. The average Bonchev–Trinajstić information content (AvgIpc) is 3.03. The van der Waals surface area contributed by atoms with Gasteiger partial charge in [-0.2, -0.15) is 5.10 Å². The number of nitrogens with one attached hydrogen (secondary N) is 1. The van der Waals surface area contributed by atoms with E-state index in [1.54, 1.807) is 0 Å². The number of aromatic nitrogens is 2. The van der Waals surface area contributed by atoms with E-state index < -0.39 is 0 Å². The Kier molecular flexibility index (Phi) is 3.85. The second-order valence-electron chi connectivity index (χ2n) is 6.26. The smallest absolute Gasteiger partial charge is 0.0672 e. The lowest BCUT2D eigenvalue weighted by Gasteiger charge is -2.12. The number of nitrogens with zero attached hydrogens (tertiary/aromatic N) is 2. The summed E-state index contributed by atoms with van der Waals surface area (Å²) in [5, 5.41) is 8.20. The topological polar surface area (TPSA) is 29.9 Å². The Bertz CT molecular complexity index is 640. The quantitative estimate of drug-likeness (QED) is 0.918. The molecule has 1 heterocycles. The Balaban J connectivity index is 1.95. The molecule has 0 saturated carbocycles. The number of rotatable bonds is 4. The van der Waals surface area contributed by atoms with E-state index >= 15 is 0 Å². The highest BCUT2D eigenvalue weighted by atomic mass is 15.3. The van der Waals surface area contributed by atoms with Crippen molar-refractivity contribution in [1.29, 1.82) is 0 Å². The predicted octanol–water partition coefficient (Wildman–Crippen LogP) is 4.04. The Morgan fingerprint density at radius 3 is 2.86 bits per heavy atom. The predicted molar refractivity (Wildman–Crippen MR) is 87.5 cm³/mol. The van der Waals surface area contributed by atoms with Crippen LogP contribution in [-0.4, -0.2) is 16.3 Å². The van der Waals surface area contributed by atoms with Crippen LogP contribution in [0.4, 0.5) is 0 Å². The van der Waals surface area contributed by atoms with Crippen molar-refractivity contribution < 1.29 is 0 Å². The molecular formula is C18H25N3. The van der Waals surface area contributed by atoms with E-state index in [2.05, 4.69) is 67.2 Å². The number of hydrogen-bond donors (Lipinski definition) is 1. The molecular weight excluding hydrogens is 258 g/mol. The molecule has 1 aliphatic carbocycles. The lowest BCUT2D eigenvalue weighted by atomic mass is 10.0. The zero-order valence-corrected chi connectivity index (χ0v) is 13.5. The third-order valence-corrected chi connectivity index (χ3v) is 4.43. The molecule has 1 unspecified atom stereocenters. The first-order valence-corrected chi connectivity index (χ1v) is 8.02. The maximum Gasteiger partial charge on any atom is 0.0672 e. The fourth-order valence-corrected chi connectivity index (χ4v) is 3.27. The van der Waals surface area contributed by atoms with Gasteiger partial charge in [0.25, 0.3) is 0 Å². The summed E-state index contributed by atoms with van der Waals surface area (Å²) < 4.78 is 2.05. The Morgan fingerprint density at radius 2 is 2.19 bits per heavy atom. The molecule has 112 valence electrons. The minimum absolute atomic E-state index is 0.407. The van der Waals surface area contributed by atoms with Crippen molar-refractivity contribution in [3.05, 3.63) is 41.2 Å². The summed E-state index contributed by atoms with van der Waals surface area (Å²) in [5.74, 6) is 0. The van der Waals surface area contributed by atoms with Gasteiger partial charge in [0.1, 0.15) is 0 Å². The van der Waals surface area contributed by atoms with Crippen molar-refractivity contribution >= 4 is 0 Å². The first kappa shape index (κ1) is 14.3. The third-order valence-electron chi connectivity index (χ3n) is 4.43. The number of aryl methyl sites for hydroxylation is 2. The highest BCUT2D eigenvalue weighted by Gasteiger charge is 2.22. The SMILES string of the molecule is CCNC1CCc2cc(-c3cn(C(C)C)nc3C)ccc21. The van der Waals surface area contributed by atoms with Crippen LogP contribution in [0.5, 0.6) is 0 Å². The van der Waals surface area contributed by atoms with Crippen LogP contribution in [0.25, 0.3) is 11.1 Å². The molecule has 1 N–H and O–H groups in total. The Hall–Kier alpha value is -1.61. The molecule has 1 aromatic heterocycles. The fourth-order valence-electron chi connectivity index (χ4n) is 3.27. The van der Waals surface area contributed by atoms with Crippen molar-refractivity contribution in [2.75, 3.05) is 6.54 Å². The normalized spacial score (nSPS) is 17.5. The van der Waals surface area contributed by atoms with Crippen LogP contribution >= 0.6 is 0 Å². The number of benzene rings is 1. The van der Waals surface area contributed by atoms with Gasteiger partial charge in [0, 0.05) is 23.8 Å². The maximum absolute atomic E-state index is 4.63. The summed E-state index contributed by atoms with van der Waals surface area (Å²) >= 11 is 0. The Labute approximate surface area is 127 Å². The molecule has 0 spiro atoms. The molecule has 3 rings (SSSR count). The first-order chi connectivity index (χ1) is 10.1. The zero-order valence-electron chi connectivity index (χ0n) is 13.5. The highest BCUT2D eigenvalue weighted by molar-refractivity contribution is 5.67. The minimum atomic E-state index is 0.407. The van der Waals surface area contributed by atoms with Gasteiger partial charge >= 0.3 is 0 Å². The van der Waals surface area contributed by atoms with Crippen molar-refractivity contribution in [2.45, 2.75) is 52.6 Å². The van der Waals surface area contributed by atoms with Gasteiger partial charge in [0.05, 0.1) is 5.69 Å². The van der Waals surface area contributed by atoms with Gasteiger partial charge in [-0.3, -0.25) is 4.68 Å². The van der Waals surface area contributed by atoms with E-state index in [1.807, 2.05) is 0 Å². The van der Waals surface area contributed by atoms with Gasteiger partial charge in [0.15, 0.2) is 0 Å². The van der Waals surface area contributed by atoms with Crippen molar-refractivity contribution in [2.24, 2.45) is 0 Å². The van der Waals surface area contributed by atoms with Gasteiger partial charge in [-0.15, -0.1) is 0 Å². The van der Waals surface area contributed by atoms with Gasteiger partial charge in [-0.1, -0.05) is 25.1 Å². The summed E-state index contributed by atoms with van der Waals surface area (Å²) in [4.78, 5) is 0. The van der Waals surface area contributed by atoms with Crippen LogP contribution in [0.2, 0.25) is 0 Å². The van der Waals surface area contributed by atoms with Crippen LogP contribution in [0.3, 0.4) is 0 Å². The molecule has 1 aromatic carbocycles. The summed E-state index contributed by atoms with van der Waals surface area (Å²) in [5.41, 5.74) is 6.66. The van der Waals surface area contributed by atoms with Crippen LogP contribution < -0.4 is 5.32 Å². The molecule has 3 nitrogen and oxygen atoms in total. The Morgan fingerprint density at radius 1 is 1.38 bits per heavy atom. The summed E-state index contributed by atoms with van der Waals surface area (Å²) in [6.07, 6.45) is 4.58. The van der Waals surface area contributed by atoms with Crippen LogP contribution in [0.15, 0.2) is 24.4 Å². The molecule has 0 amide bonds. The fraction of sp³-hybridized carbons (Fsp3) is 0.500. The van der Waals surface area contributed by atoms with E-state index in [0.29, 0.717) is 12.1 Å². The van der Waals surface area contributed by atoms with E-state index in [0.717, 1.165) is 12.2 Å². The van der Waals surface area contributed by atoms with E-state index in [-0.39, 0.29) is 0 Å². The van der Waals surface area contributed by atoms with Crippen molar-refractivity contribution in [3.63, 3.8) is 0 Å². The molecule has 0 aliphatic heterocycles. The third kappa shape index (κ3) is 2.62. The van der Waals surface area contributed by atoms with Crippen LogP contribution in [0, 0.1) is 6.92 Å². The van der Waals surface area contributed by atoms with E-state index in [4.69, 9.17) is 0 Å². The summed E-state index contributed by atoms with van der Waals surface area (Å²) in [7, 11) is 0. The molecule has 0 bridgehead atoms. The molecule has 1 atom stereocenters. The summed E-state index contributed by atoms with van der Waals surface area (Å²) in [6, 6.07) is 7.87. The number of hydrogen-bond acceptors (Lipinski definition) is 2. The van der Waals surface area contributed by atoms with Crippen LogP contribution in [0.1, 0.15) is 56.1 Å². The standard InChI is InChI=1S/C18H25N3/c1-5-19-18-9-7-14-10-15(6-8-16(14)18)17-11-21(12(2)3)20-13(17)4/h6,8,10-12,18-19H,5,7,9H2,1-4H3. The molecule has 0 radical (unpaired) electrons. The second kappa shape index (κ2) is 5.64. The van der Waals surface area contributed by atoms with E-state index in [9.17, 15) is 0 Å². The molecule has 0 fully saturated rings. The minimum Gasteiger partial charge on any atom is -0.310 e. The average molecular weight is 283 g/mol. The van der Waals surface area contributed by atoms with Crippen LogP contribution in [-0.2, 0) is 6.42 Å². The maximum atomic E-state index is 4.63. The molecule has 2 aromatic rings. The van der Waals surface area contributed by atoms with Gasteiger partial charge < -0.3 is 5.32 Å². The van der Waals surface area contributed by atoms with Gasteiger partial charge in [-0.25, -0.2) is 0 Å². The molecule has 1 aliphatic rings. The lowest BCUT2D eigenvalue weighted by Crippen LogP contribution is -2.18. The number of fused-ring (bicyclic) bond motifs is 1. The highest BCUT2D eigenvalue weighted by Crippen LogP contribution is 2.35.